The van der Waals surface area contributed by atoms with Gasteiger partial charge in [-0.1, -0.05) is 60.7 Å². The van der Waals surface area contributed by atoms with Crippen LogP contribution >= 0.6 is 0 Å². The molecule has 108 valence electrons. The Hall–Kier alpha value is -1.86. The number of benzene rings is 2. The van der Waals surface area contributed by atoms with Gasteiger partial charge in [-0.25, -0.2) is 0 Å². The number of fused-ring (bicyclic) bond motifs is 1. The van der Waals surface area contributed by atoms with Crippen LogP contribution in [0.5, 0.6) is 0 Å². The quantitative estimate of drug-likeness (QED) is 0.786. The monoisotopic (exact) mass is 277 g/mol. The average molecular weight is 277 g/mol. The summed E-state index contributed by atoms with van der Waals surface area (Å²) in [5, 5.41) is 0. The van der Waals surface area contributed by atoms with Gasteiger partial charge in [0.1, 0.15) is 0 Å². The summed E-state index contributed by atoms with van der Waals surface area (Å²) in [6.45, 7) is 2.03. The van der Waals surface area contributed by atoms with Crippen molar-refractivity contribution in [1.82, 2.24) is 4.90 Å². The van der Waals surface area contributed by atoms with Crippen LogP contribution in [0.3, 0.4) is 0 Å². The molecule has 0 radical (unpaired) electrons. The Balaban J connectivity index is 1.59. The molecule has 1 aliphatic rings. The molecular weight excluding hydrogens is 254 g/mol. The van der Waals surface area contributed by atoms with Gasteiger partial charge in [0.2, 0.25) is 0 Å². The highest BCUT2D eigenvalue weighted by molar-refractivity contribution is 5.48. The minimum Gasteiger partial charge on any atom is -0.298 e. The van der Waals surface area contributed by atoms with Gasteiger partial charge in [0.15, 0.2) is 0 Å². The standard InChI is InChI=1S/C20H23N/c1-21(15-7-10-17-8-3-2-4-9-17)16-19-13-5-11-18-12-6-14-20(18)19/h2-5,7-11,13H,6,12,14-16H2,1H3. The van der Waals surface area contributed by atoms with Gasteiger partial charge in [-0.3, -0.25) is 4.90 Å². The topological polar surface area (TPSA) is 3.24 Å². The lowest BCUT2D eigenvalue weighted by Gasteiger charge is -2.17. The predicted molar refractivity (Wildman–Crippen MR) is 90.3 cm³/mol. The fourth-order valence-electron chi connectivity index (χ4n) is 3.14. The smallest absolute Gasteiger partial charge is 0.0236 e. The molecule has 0 atom stereocenters. The third-order valence-corrected chi connectivity index (χ3v) is 4.21. The van der Waals surface area contributed by atoms with Gasteiger partial charge in [0.25, 0.3) is 0 Å². The Morgan fingerprint density at radius 2 is 1.86 bits per heavy atom. The molecule has 0 spiro atoms. The molecule has 1 aliphatic carbocycles. The summed E-state index contributed by atoms with van der Waals surface area (Å²) in [5.74, 6) is 0. The second-order valence-electron chi connectivity index (χ2n) is 5.92. The Labute approximate surface area is 127 Å². The van der Waals surface area contributed by atoms with Crippen LogP contribution in [-0.2, 0) is 19.4 Å². The van der Waals surface area contributed by atoms with Crippen LogP contribution in [0.25, 0.3) is 6.08 Å². The highest BCUT2D eigenvalue weighted by Crippen LogP contribution is 2.25. The molecule has 2 aromatic carbocycles. The van der Waals surface area contributed by atoms with Crippen LogP contribution < -0.4 is 0 Å². The number of nitrogens with zero attached hydrogens (tertiary/aromatic N) is 1. The van der Waals surface area contributed by atoms with E-state index in [1.54, 1.807) is 11.1 Å². The Kier molecular flexibility index (Phi) is 4.52. The van der Waals surface area contributed by atoms with Crippen LogP contribution in [0.4, 0.5) is 0 Å². The molecule has 0 amide bonds. The van der Waals surface area contributed by atoms with Crippen molar-refractivity contribution in [2.24, 2.45) is 0 Å². The maximum atomic E-state index is 2.38. The number of rotatable bonds is 5. The summed E-state index contributed by atoms with van der Waals surface area (Å²) < 4.78 is 0. The minimum absolute atomic E-state index is 0.985. The molecule has 0 saturated heterocycles. The van der Waals surface area contributed by atoms with Crippen LogP contribution in [0.1, 0.15) is 28.7 Å². The largest absolute Gasteiger partial charge is 0.298 e. The second-order valence-corrected chi connectivity index (χ2v) is 5.92. The van der Waals surface area contributed by atoms with Crippen molar-refractivity contribution in [2.45, 2.75) is 25.8 Å². The molecule has 1 heteroatoms. The zero-order valence-corrected chi connectivity index (χ0v) is 12.8. The van der Waals surface area contributed by atoms with E-state index < -0.39 is 0 Å². The number of hydrogen-bond donors (Lipinski definition) is 0. The van der Waals surface area contributed by atoms with Crippen molar-refractivity contribution < 1.29 is 0 Å². The van der Waals surface area contributed by atoms with Crippen molar-refractivity contribution in [2.75, 3.05) is 13.6 Å². The van der Waals surface area contributed by atoms with E-state index in [9.17, 15) is 0 Å². The molecule has 0 fully saturated rings. The van der Waals surface area contributed by atoms with E-state index in [2.05, 4.69) is 72.6 Å². The van der Waals surface area contributed by atoms with E-state index >= 15 is 0 Å². The second kappa shape index (κ2) is 6.73. The molecular formula is C20H23N. The first kappa shape index (κ1) is 14.1. The van der Waals surface area contributed by atoms with Crippen molar-refractivity contribution in [3.8, 4) is 0 Å². The highest BCUT2D eigenvalue weighted by atomic mass is 15.1. The summed E-state index contributed by atoms with van der Waals surface area (Å²) in [5.41, 5.74) is 5.96. The average Bonchev–Trinajstić information content (AvgIpc) is 2.98. The van der Waals surface area contributed by atoms with Crippen molar-refractivity contribution in [3.05, 3.63) is 76.9 Å². The molecule has 0 N–H and O–H groups in total. The minimum atomic E-state index is 0.985. The molecule has 1 nitrogen and oxygen atoms in total. The molecule has 0 heterocycles. The van der Waals surface area contributed by atoms with Crippen molar-refractivity contribution in [3.63, 3.8) is 0 Å². The molecule has 0 bridgehead atoms. The van der Waals surface area contributed by atoms with Crippen LogP contribution in [0, 0.1) is 0 Å². The zero-order valence-electron chi connectivity index (χ0n) is 12.8. The highest BCUT2D eigenvalue weighted by Gasteiger charge is 2.14. The molecule has 21 heavy (non-hydrogen) atoms. The van der Waals surface area contributed by atoms with Crippen molar-refractivity contribution in [1.29, 1.82) is 0 Å². The Morgan fingerprint density at radius 3 is 2.71 bits per heavy atom. The van der Waals surface area contributed by atoms with Gasteiger partial charge in [0.05, 0.1) is 0 Å². The van der Waals surface area contributed by atoms with E-state index in [0.717, 1.165) is 13.1 Å². The van der Waals surface area contributed by atoms with Crippen LogP contribution in [0.15, 0.2) is 54.6 Å². The molecule has 2 aromatic rings. The summed E-state index contributed by atoms with van der Waals surface area (Å²) in [6, 6.07) is 17.3. The maximum absolute atomic E-state index is 2.38. The molecule has 3 rings (SSSR count). The SMILES string of the molecule is CN(CC=Cc1ccccc1)Cc1cccc2c1CCC2. The fraction of sp³-hybridized carbons (Fsp3) is 0.300. The first-order valence-electron chi connectivity index (χ1n) is 7.83. The lowest BCUT2D eigenvalue weighted by Crippen LogP contribution is -2.18. The van der Waals surface area contributed by atoms with Gasteiger partial charge in [0, 0.05) is 13.1 Å². The number of hydrogen-bond acceptors (Lipinski definition) is 1. The number of aryl methyl sites for hydroxylation is 1. The van der Waals surface area contributed by atoms with E-state index in [1.165, 1.54) is 30.4 Å². The van der Waals surface area contributed by atoms with E-state index in [0.29, 0.717) is 0 Å². The first-order chi connectivity index (χ1) is 10.3. The Bertz CT molecular complexity index is 613. The lowest BCUT2D eigenvalue weighted by atomic mass is 10.0. The summed E-state index contributed by atoms with van der Waals surface area (Å²) in [6.07, 6.45) is 8.30. The van der Waals surface area contributed by atoms with E-state index in [-0.39, 0.29) is 0 Å². The normalized spacial score (nSPS) is 14.0. The van der Waals surface area contributed by atoms with Gasteiger partial charge in [-0.05, 0) is 48.6 Å². The summed E-state index contributed by atoms with van der Waals surface area (Å²) in [7, 11) is 2.20. The fourth-order valence-corrected chi connectivity index (χ4v) is 3.14. The summed E-state index contributed by atoms with van der Waals surface area (Å²) >= 11 is 0. The van der Waals surface area contributed by atoms with E-state index in [4.69, 9.17) is 0 Å². The Morgan fingerprint density at radius 1 is 1.00 bits per heavy atom. The first-order valence-corrected chi connectivity index (χ1v) is 7.83. The van der Waals surface area contributed by atoms with Crippen molar-refractivity contribution >= 4 is 6.08 Å². The lowest BCUT2D eigenvalue weighted by molar-refractivity contribution is 0.363. The third kappa shape index (κ3) is 3.62. The molecule has 0 saturated carbocycles. The molecule has 0 unspecified atom stereocenters. The maximum Gasteiger partial charge on any atom is 0.0236 e. The van der Waals surface area contributed by atoms with Gasteiger partial charge >= 0.3 is 0 Å². The van der Waals surface area contributed by atoms with Gasteiger partial charge in [-0.2, -0.15) is 0 Å². The molecule has 0 aliphatic heterocycles. The molecule has 0 aromatic heterocycles. The van der Waals surface area contributed by atoms with Crippen LogP contribution in [-0.4, -0.2) is 18.5 Å². The van der Waals surface area contributed by atoms with E-state index in [1.807, 2.05) is 0 Å². The predicted octanol–water partition coefficient (Wildman–Crippen LogP) is 4.32. The third-order valence-electron chi connectivity index (χ3n) is 4.21. The van der Waals surface area contributed by atoms with Gasteiger partial charge in [-0.15, -0.1) is 0 Å². The summed E-state index contributed by atoms with van der Waals surface area (Å²) in [4.78, 5) is 2.38. The number of likely N-dealkylation sites (N-methyl/N-ethyl adjacent to an activating group) is 1. The zero-order chi connectivity index (χ0) is 14.5. The van der Waals surface area contributed by atoms with Gasteiger partial charge < -0.3 is 0 Å². The van der Waals surface area contributed by atoms with Crippen LogP contribution in [0.2, 0.25) is 0 Å².